The maximum atomic E-state index is 11.2. The van der Waals surface area contributed by atoms with Crippen molar-refractivity contribution in [1.82, 2.24) is 0 Å². The molecule has 0 aliphatic rings. The molecule has 1 rings (SSSR count). The van der Waals surface area contributed by atoms with Gasteiger partial charge in [0.15, 0.2) is 0 Å². The first-order chi connectivity index (χ1) is 6.65. The summed E-state index contributed by atoms with van der Waals surface area (Å²) in [5, 5.41) is 11.6. The fourth-order valence-electron chi connectivity index (χ4n) is 1.06. The van der Waals surface area contributed by atoms with Crippen molar-refractivity contribution in [3.63, 3.8) is 0 Å². The van der Waals surface area contributed by atoms with Crippen LogP contribution in [0.1, 0.15) is 12.5 Å². The van der Waals surface area contributed by atoms with Crippen LogP contribution in [0, 0.1) is 0 Å². The molecule has 0 aromatic heterocycles. The number of para-hydroxylation sites is 1. The smallest absolute Gasteiger partial charge is 0.252 e. The molecule has 0 aliphatic heterocycles. The summed E-state index contributed by atoms with van der Waals surface area (Å²) in [6.07, 6.45) is -1.01. The van der Waals surface area contributed by atoms with E-state index in [1.807, 2.05) is 12.1 Å². The Bertz CT molecular complexity index is 324. The van der Waals surface area contributed by atoms with Crippen molar-refractivity contribution in [2.45, 2.75) is 19.6 Å². The third-order valence-corrected chi connectivity index (χ3v) is 1.87. The van der Waals surface area contributed by atoms with Crippen LogP contribution in [0.4, 0.5) is 5.69 Å². The summed E-state index contributed by atoms with van der Waals surface area (Å²) in [4.78, 5) is 11.2. The lowest BCUT2D eigenvalue weighted by Crippen LogP contribution is -2.25. The van der Waals surface area contributed by atoms with Crippen molar-refractivity contribution in [3.8, 4) is 0 Å². The Kier molecular flexibility index (Phi) is 3.62. The Morgan fingerprint density at radius 3 is 2.79 bits per heavy atom. The van der Waals surface area contributed by atoms with Gasteiger partial charge in [-0.3, -0.25) is 4.79 Å². The molecule has 1 aromatic carbocycles. The van der Waals surface area contributed by atoms with Gasteiger partial charge >= 0.3 is 0 Å². The molecule has 76 valence electrons. The molecule has 0 radical (unpaired) electrons. The van der Waals surface area contributed by atoms with Gasteiger partial charge in [-0.2, -0.15) is 0 Å². The van der Waals surface area contributed by atoms with Gasteiger partial charge in [-0.1, -0.05) is 18.2 Å². The highest BCUT2D eigenvalue weighted by Crippen LogP contribution is 2.14. The highest BCUT2D eigenvalue weighted by atomic mass is 16.3. The third-order valence-electron chi connectivity index (χ3n) is 1.87. The topological polar surface area (TPSA) is 75.3 Å². The Labute approximate surface area is 82.7 Å². The zero-order chi connectivity index (χ0) is 10.6. The number of aliphatic hydroxyl groups excluding tert-OH is 1. The van der Waals surface area contributed by atoms with Crippen molar-refractivity contribution < 1.29 is 9.90 Å². The fourth-order valence-corrected chi connectivity index (χ4v) is 1.06. The molecule has 0 spiro atoms. The molecule has 4 nitrogen and oxygen atoms in total. The lowest BCUT2D eigenvalue weighted by Gasteiger charge is -2.10. The van der Waals surface area contributed by atoms with E-state index in [0.717, 1.165) is 5.56 Å². The van der Waals surface area contributed by atoms with Gasteiger partial charge in [-0.25, -0.2) is 0 Å². The lowest BCUT2D eigenvalue weighted by atomic mass is 10.1. The molecule has 0 aliphatic carbocycles. The molecule has 0 saturated heterocycles. The maximum absolute atomic E-state index is 11.2. The van der Waals surface area contributed by atoms with Crippen LogP contribution in [0.2, 0.25) is 0 Å². The Morgan fingerprint density at radius 2 is 2.21 bits per heavy atom. The maximum Gasteiger partial charge on any atom is 0.252 e. The molecule has 0 saturated carbocycles. The number of anilines is 1. The highest BCUT2D eigenvalue weighted by Gasteiger charge is 2.09. The monoisotopic (exact) mass is 194 g/mol. The molecule has 1 aromatic rings. The molecule has 0 bridgehead atoms. The molecule has 1 atom stereocenters. The van der Waals surface area contributed by atoms with Crippen LogP contribution in [-0.2, 0) is 11.3 Å². The van der Waals surface area contributed by atoms with Crippen LogP contribution in [-0.4, -0.2) is 17.1 Å². The average Bonchev–Trinajstić information content (AvgIpc) is 2.18. The van der Waals surface area contributed by atoms with Crippen LogP contribution in [0.25, 0.3) is 0 Å². The minimum Gasteiger partial charge on any atom is -0.384 e. The van der Waals surface area contributed by atoms with Crippen LogP contribution >= 0.6 is 0 Å². The van der Waals surface area contributed by atoms with E-state index in [4.69, 9.17) is 10.8 Å². The summed E-state index contributed by atoms with van der Waals surface area (Å²) in [5.74, 6) is -0.425. The van der Waals surface area contributed by atoms with E-state index in [-0.39, 0.29) is 0 Å². The van der Waals surface area contributed by atoms with E-state index in [9.17, 15) is 4.79 Å². The molecule has 1 amide bonds. The van der Waals surface area contributed by atoms with Crippen LogP contribution in [0.3, 0.4) is 0 Å². The van der Waals surface area contributed by atoms with Gasteiger partial charge in [0.25, 0.3) is 5.91 Å². The minimum absolute atomic E-state index is 0.357. The largest absolute Gasteiger partial charge is 0.384 e. The number of hydrogen-bond acceptors (Lipinski definition) is 3. The second kappa shape index (κ2) is 4.74. The number of nitrogens with one attached hydrogen (secondary N) is 1. The minimum atomic E-state index is -1.01. The van der Waals surface area contributed by atoms with Crippen LogP contribution < -0.4 is 11.1 Å². The first kappa shape index (κ1) is 10.7. The Morgan fingerprint density at radius 1 is 1.57 bits per heavy atom. The van der Waals surface area contributed by atoms with Crippen molar-refractivity contribution in [1.29, 1.82) is 0 Å². The van der Waals surface area contributed by atoms with Crippen LogP contribution in [0.15, 0.2) is 24.3 Å². The fraction of sp³-hybridized carbons (Fsp3) is 0.300. The average molecular weight is 194 g/mol. The van der Waals surface area contributed by atoms with Crippen molar-refractivity contribution in [3.05, 3.63) is 29.8 Å². The summed E-state index contributed by atoms with van der Waals surface area (Å²) >= 11 is 0. The summed E-state index contributed by atoms with van der Waals surface area (Å²) in [5.41, 5.74) is 6.99. The zero-order valence-electron chi connectivity index (χ0n) is 8.03. The number of carbonyl (C=O) groups is 1. The summed E-state index contributed by atoms with van der Waals surface area (Å²) in [6, 6.07) is 7.23. The van der Waals surface area contributed by atoms with Crippen molar-refractivity contribution in [2.75, 3.05) is 5.32 Å². The van der Waals surface area contributed by atoms with Crippen molar-refractivity contribution in [2.24, 2.45) is 5.73 Å². The number of rotatable bonds is 3. The first-order valence-corrected chi connectivity index (χ1v) is 4.42. The second-order valence-electron chi connectivity index (χ2n) is 3.03. The highest BCUT2D eigenvalue weighted by molar-refractivity contribution is 5.94. The lowest BCUT2D eigenvalue weighted by molar-refractivity contribution is -0.123. The van der Waals surface area contributed by atoms with Crippen molar-refractivity contribution >= 4 is 11.6 Å². The van der Waals surface area contributed by atoms with E-state index >= 15 is 0 Å². The molecule has 4 heteroatoms. The number of nitrogens with two attached hydrogens (primary N) is 1. The van der Waals surface area contributed by atoms with Gasteiger partial charge in [0.05, 0.1) is 0 Å². The molecule has 0 heterocycles. The first-order valence-electron chi connectivity index (χ1n) is 4.42. The Hall–Kier alpha value is -1.39. The molecule has 4 N–H and O–H groups in total. The molecule has 0 fully saturated rings. The van der Waals surface area contributed by atoms with E-state index < -0.39 is 12.0 Å². The molecular weight excluding hydrogens is 180 g/mol. The summed E-state index contributed by atoms with van der Waals surface area (Å²) in [6.45, 7) is 1.77. The third kappa shape index (κ3) is 2.55. The summed E-state index contributed by atoms with van der Waals surface area (Å²) in [7, 11) is 0. The predicted molar refractivity (Wildman–Crippen MR) is 54.6 cm³/mol. The van der Waals surface area contributed by atoms with Crippen LogP contribution in [0.5, 0.6) is 0 Å². The number of aliphatic hydroxyl groups is 1. The van der Waals surface area contributed by atoms with Gasteiger partial charge in [-0.15, -0.1) is 0 Å². The normalized spacial score (nSPS) is 12.2. The zero-order valence-corrected chi connectivity index (χ0v) is 8.03. The second-order valence-corrected chi connectivity index (χ2v) is 3.03. The van der Waals surface area contributed by atoms with Gasteiger partial charge in [-0.05, 0) is 18.6 Å². The molecule has 14 heavy (non-hydrogen) atoms. The SMILES string of the molecule is CC(O)C(=O)Nc1ccccc1CN. The molecular formula is C10H14N2O2. The number of amides is 1. The van der Waals surface area contributed by atoms with Gasteiger partial charge in [0.1, 0.15) is 6.10 Å². The predicted octanol–water partition coefficient (Wildman–Crippen LogP) is 0.465. The number of benzene rings is 1. The van der Waals surface area contributed by atoms with Gasteiger partial charge in [0, 0.05) is 12.2 Å². The van der Waals surface area contributed by atoms with E-state index in [1.165, 1.54) is 6.92 Å². The van der Waals surface area contributed by atoms with Gasteiger partial charge in [0.2, 0.25) is 0 Å². The quantitative estimate of drug-likeness (QED) is 0.654. The van der Waals surface area contributed by atoms with Gasteiger partial charge < -0.3 is 16.2 Å². The number of hydrogen-bond donors (Lipinski definition) is 3. The summed E-state index contributed by atoms with van der Waals surface area (Å²) < 4.78 is 0. The van der Waals surface area contributed by atoms with E-state index in [2.05, 4.69) is 5.32 Å². The Balaban J connectivity index is 2.80. The number of carbonyl (C=O) groups excluding carboxylic acids is 1. The van der Waals surface area contributed by atoms with E-state index in [1.54, 1.807) is 12.1 Å². The molecule has 1 unspecified atom stereocenters. The van der Waals surface area contributed by atoms with E-state index in [0.29, 0.717) is 12.2 Å². The standard InChI is InChI=1S/C10H14N2O2/c1-7(13)10(14)12-9-5-3-2-4-8(9)6-11/h2-5,7,13H,6,11H2,1H3,(H,12,14).